The molecule has 4 N–H and O–H groups in total. The molecule has 0 fully saturated rings. The summed E-state index contributed by atoms with van der Waals surface area (Å²) in [5.41, 5.74) is 6.06. The Morgan fingerprint density at radius 2 is 1.77 bits per heavy atom. The summed E-state index contributed by atoms with van der Waals surface area (Å²) in [6.07, 6.45) is 0.794. The van der Waals surface area contributed by atoms with Crippen molar-refractivity contribution in [3.05, 3.63) is 66.1 Å². The summed E-state index contributed by atoms with van der Waals surface area (Å²) in [5, 5.41) is 18.9. The lowest BCUT2D eigenvalue weighted by Gasteiger charge is -2.23. The molecule has 2 aromatic carbocycles. The third-order valence-electron chi connectivity index (χ3n) is 4.19. The highest BCUT2D eigenvalue weighted by atomic mass is 32.2. The molecule has 1 heterocycles. The maximum Gasteiger partial charge on any atom is 0.267 e. The summed E-state index contributed by atoms with van der Waals surface area (Å²) < 4.78 is 20.3. The van der Waals surface area contributed by atoms with E-state index in [1.165, 1.54) is 42.3 Å². The van der Waals surface area contributed by atoms with Crippen molar-refractivity contribution in [3.8, 4) is 22.9 Å². The van der Waals surface area contributed by atoms with Gasteiger partial charge in [-0.15, -0.1) is 0 Å². The normalized spacial score (nSPS) is 11.7. The van der Waals surface area contributed by atoms with E-state index < -0.39 is 18.6 Å². The fourth-order valence-electron chi connectivity index (χ4n) is 2.64. The Bertz CT molecular complexity index is 1030. The average Bonchev–Trinajstić information content (AvgIpc) is 2.79. The molecule has 3 aromatic rings. The van der Waals surface area contributed by atoms with Crippen molar-refractivity contribution < 1.29 is 24.1 Å². The van der Waals surface area contributed by atoms with Gasteiger partial charge in [-0.05, 0) is 48.5 Å². The Labute approximate surface area is 182 Å². The molecule has 0 aliphatic rings. The number of nitrogens with zero attached hydrogens (tertiary/aromatic N) is 3. The second-order valence-electron chi connectivity index (χ2n) is 6.46. The summed E-state index contributed by atoms with van der Waals surface area (Å²) in [7, 11) is 0. The van der Waals surface area contributed by atoms with Crippen molar-refractivity contribution in [2.45, 2.75) is 6.10 Å². The maximum absolute atomic E-state index is 13.0. The monoisotopic (exact) mass is 444 g/mol. The average molecular weight is 444 g/mol. The Morgan fingerprint density at radius 3 is 2.32 bits per heavy atom. The van der Waals surface area contributed by atoms with E-state index in [0.29, 0.717) is 22.9 Å². The number of halogens is 1. The fraction of sp³-hybridized carbons (Fsp3) is 0.190. The van der Waals surface area contributed by atoms with E-state index >= 15 is 0 Å². The van der Waals surface area contributed by atoms with Crippen LogP contribution in [0.4, 0.5) is 10.2 Å². The Balaban J connectivity index is 1.89. The van der Waals surface area contributed by atoms with Crippen LogP contribution in [-0.4, -0.2) is 51.6 Å². The lowest BCUT2D eigenvalue weighted by Crippen LogP contribution is -2.30. The molecule has 0 spiro atoms. The van der Waals surface area contributed by atoms with Gasteiger partial charge in [-0.3, -0.25) is 9.10 Å². The topological polar surface area (TPSA) is 122 Å². The van der Waals surface area contributed by atoms with Gasteiger partial charge in [-0.25, -0.2) is 14.4 Å². The van der Waals surface area contributed by atoms with Gasteiger partial charge in [0.05, 0.1) is 19.3 Å². The molecule has 1 aromatic heterocycles. The molecule has 0 bridgehead atoms. The van der Waals surface area contributed by atoms with Crippen molar-refractivity contribution in [2.24, 2.45) is 5.73 Å². The Morgan fingerprint density at radius 1 is 1.16 bits per heavy atom. The third kappa shape index (κ3) is 5.91. The molecule has 162 valence electrons. The molecule has 1 atom stereocenters. The number of hydrogen-bond donors (Lipinski definition) is 3. The fourth-order valence-corrected chi connectivity index (χ4v) is 3.24. The van der Waals surface area contributed by atoms with Gasteiger partial charge in [-0.1, -0.05) is 11.9 Å². The second-order valence-corrected chi connectivity index (χ2v) is 7.27. The van der Waals surface area contributed by atoms with Crippen LogP contribution in [0.3, 0.4) is 0 Å². The van der Waals surface area contributed by atoms with Crippen molar-refractivity contribution in [2.75, 3.05) is 23.7 Å². The molecule has 0 saturated carbocycles. The van der Waals surface area contributed by atoms with E-state index in [2.05, 4.69) is 9.97 Å². The lowest BCUT2D eigenvalue weighted by atomic mass is 10.2. The van der Waals surface area contributed by atoms with E-state index in [4.69, 9.17) is 15.6 Å². The van der Waals surface area contributed by atoms with Crippen LogP contribution in [0.25, 0.3) is 11.4 Å². The van der Waals surface area contributed by atoms with Crippen molar-refractivity contribution in [3.63, 3.8) is 0 Å². The van der Waals surface area contributed by atoms with E-state index in [-0.39, 0.29) is 23.9 Å². The van der Waals surface area contributed by atoms with Crippen LogP contribution < -0.4 is 14.8 Å². The zero-order valence-electron chi connectivity index (χ0n) is 16.6. The van der Waals surface area contributed by atoms with Crippen LogP contribution in [0.2, 0.25) is 0 Å². The van der Waals surface area contributed by atoms with Crippen molar-refractivity contribution >= 4 is 23.7 Å². The summed E-state index contributed by atoms with van der Waals surface area (Å²) in [6, 6.07) is 13.9. The number of carbonyl (C=O) groups is 1. The first-order valence-corrected chi connectivity index (χ1v) is 10.4. The number of aliphatic hydroxyl groups is 2. The number of carbonyl (C=O) groups excluding carboxylic acids is 1. The minimum atomic E-state index is -0.981. The van der Waals surface area contributed by atoms with Crippen LogP contribution in [0.15, 0.2) is 54.6 Å². The molecule has 0 aliphatic carbocycles. The Hall–Kier alpha value is -3.21. The molecule has 1 amide bonds. The van der Waals surface area contributed by atoms with Crippen LogP contribution in [-0.2, 0) is 0 Å². The van der Waals surface area contributed by atoms with E-state index in [9.17, 15) is 14.3 Å². The minimum Gasteiger partial charge on any atom is -0.457 e. The molecular weight excluding hydrogens is 423 g/mol. The van der Waals surface area contributed by atoms with Crippen molar-refractivity contribution in [1.82, 2.24) is 9.97 Å². The smallest absolute Gasteiger partial charge is 0.267 e. The summed E-state index contributed by atoms with van der Waals surface area (Å²) >= 11 is 1.27. The molecule has 3 rings (SSSR count). The first-order valence-electron chi connectivity index (χ1n) is 9.23. The first kappa shape index (κ1) is 22.5. The number of primary amides is 1. The number of aromatic nitrogens is 2. The predicted molar refractivity (Wildman–Crippen MR) is 116 cm³/mol. The quantitative estimate of drug-likeness (QED) is 0.431. The zero-order valence-corrected chi connectivity index (χ0v) is 17.4. The van der Waals surface area contributed by atoms with Crippen LogP contribution in [0, 0.1) is 5.82 Å². The van der Waals surface area contributed by atoms with Gasteiger partial charge >= 0.3 is 0 Å². The summed E-state index contributed by atoms with van der Waals surface area (Å²) in [6.45, 7) is -0.316. The predicted octanol–water partition coefficient (Wildman–Crippen LogP) is 2.61. The number of nitrogens with two attached hydrogens (primary N) is 1. The standard InChI is InChI=1S/C21H21FN4O4S/c1-31-26(11-15(28)12-27)19-10-18(20(23)29)24-21(25-19)13-2-6-16(7-3-13)30-17-8-4-14(22)5-9-17/h2-10,15,27-28H,11-12H2,1H3,(H2,23,29). The molecule has 31 heavy (non-hydrogen) atoms. The summed E-state index contributed by atoms with van der Waals surface area (Å²) in [4.78, 5) is 20.5. The van der Waals surface area contributed by atoms with Gasteiger partial charge in [0.2, 0.25) is 0 Å². The first-order chi connectivity index (χ1) is 14.9. The van der Waals surface area contributed by atoms with Gasteiger partial charge in [-0.2, -0.15) is 0 Å². The second kappa shape index (κ2) is 10.2. The largest absolute Gasteiger partial charge is 0.457 e. The Kier molecular flexibility index (Phi) is 7.40. The number of anilines is 1. The number of benzene rings is 2. The van der Waals surface area contributed by atoms with Gasteiger partial charge in [0.25, 0.3) is 5.91 Å². The van der Waals surface area contributed by atoms with Crippen LogP contribution >= 0.6 is 11.9 Å². The van der Waals surface area contributed by atoms with Crippen molar-refractivity contribution in [1.29, 1.82) is 0 Å². The molecule has 0 saturated heterocycles. The number of aliphatic hydroxyl groups excluding tert-OH is 2. The molecule has 8 nitrogen and oxygen atoms in total. The highest BCUT2D eigenvalue weighted by Crippen LogP contribution is 2.27. The number of rotatable bonds is 9. The van der Waals surface area contributed by atoms with Gasteiger partial charge in [0, 0.05) is 17.9 Å². The molecule has 10 heteroatoms. The summed E-state index contributed by atoms with van der Waals surface area (Å²) in [5.74, 6) is 0.572. The SMILES string of the molecule is CSN(CC(O)CO)c1cc(C(N)=O)nc(-c2ccc(Oc3ccc(F)cc3)cc2)n1. The lowest BCUT2D eigenvalue weighted by molar-refractivity contribution is 0.0995. The van der Waals surface area contributed by atoms with Gasteiger partial charge in [0.15, 0.2) is 5.82 Å². The maximum atomic E-state index is 13.0. The third-order valence-corrected chi connectivity index (χ3v) is 4.97. The minimum absolute atomic E-state index is 0.0178. The number of amides is 1. The highest BCUT2D eigenvalue weighted by molar-refractivity contribution is 7.99. The molecule has 0 radical (unpaired) electrons. The van der Waals surface area contributed by atoms with Crippen LogP contribution in [0.5, 0.6) is 11.5 Å². The van der Waals surface area contributed by atoms with Gasteiger partial charge < -0.3 is 20.7 Å². The number of hydrogen-bond acceptors (Lipinski definition) is 8. The van der Waals surface area contributed by atoms with Gasteiger partial charge in [0.1, 0.15) is 28.8 Å². The highest BCUT2D eigenvalue weighted by Gasteiger charge is 2.17. The molecule has 0 aliphatic heterocycles. The molecule has 1 unspecified atom stereocenters. The molecular formula is C21H21FN4O4S. The van der Waals surface area contributed by atoms with Crippen LogP contribution in [0.1, 0.15) is 10.5 Å². The van der Waals surface area contributed by atoms with E-state index in [1.54, 1.807) is 34.8 Å². The zero-order chi connectivity index (χ0) is 22.4. The van der Waals surface area contributed by atoms with E-state index in [0.717, 1.165) is 0 Å². The van der Waals surface area contributed by atoms with E-state index in [1.807, 2.05) is 0 Å². The number of ether oxygens (including phenoxy) is 1.